The highest BCUT2D eigenvalue weighted by molar-refractivity contribution is 5.78. The summed E-state index contributed by atoms with van der Waals surface area (Å²) in [5, 5.41) is 8.82. The summed E-state index contributed by atoms with van der Waals surface area (Å²) in [4.78, 5) is 2.42. The van der Waals surface area contributed by atoms with E-state index in [2.05, 4.69) is 51.4 Å². The Morgan fingerprint density at radius 2 is 2.04 bits per heavy atom. The summed E-state index contributed by atoms with van der Waals surface area (Å²) < 4.78 is 7.78. The Balaban J connectivity index is 1.39. The van der Waals surface area contributed by atoms with Crippen molar-refractivity contribution in [2.75, 3.05) is 24.6 Å². The van der Waals surface area contributed by atoms with Gasteiger partial charge in [0.25, 0.3) is 0 Å². The highest BCUT2D eigenvalue weighted by Crippen LogP contribution is 2.33. The zero-order valence-corrected chi connectivity index (χ0v) is 15.7. The number of ether oxygens (including phenoxy) is 1. The summed E-state index contributed by atoms with van der Waals surface area (Å²) in [6.07, 6.45) is 9.64. The zero-order chi connectivity index (χ0) is 18.1. The van der Waals surface area contributed by atoms with Gasteiger partial charge in [0.05, 0.1) is 18.8 Å². The van der Waals surface area contributed by atoms with Gasteiger partial charge in [0.2, 0.25) is 0 Å². The van der Waals surface area contributed by atoms with Crippen LogP contribution in [0.2, 0.25) is 0 Å². The van der Waals surface area contributed by atoms with E-state index in [4.69, 9.17) is 4.74 Å². The Morgan fingerprint density at radius 3 is 2.78 bits per heavy atom. The van der Waals surface area contributed by atoms with E-state index in [0.717, 1.165) is 49.5 Å². The summed E-state index contributed by atoms with van der Waals surface area (Å²) in [5.41, 5.74) is 4.44. The minimum absolute atomic E-state index is 0.267. The lowest BCUT2D eigenvalue weighted by Gasteiger charge is -2.34. The summed E-state index contributed by atoms with van der Waals surface area (Å²) in [7, 11) is 0. The monoisotopic (exact) mass is 362 g/mol. The van der Waals surface area contributed by atoms with Gasteiger partial charge in [-0.15, -0.1) is 5.10 Å². The van der Waals surface area contributed by atoms with Crippen LogP contribution in [0.4, 0.5) is 5.69 Å². The summed E-state index contributed by atoms with van der Waals surface area (Å²) in [5.74, 6) is 7.35. The molecule has 5 rings (SSSR count). The summed E-state index contributed by atoms with van der Waals surface area (Å²) >= 11 is 0. The molecule has 2 saturated heterocycles. The molecule has 5 heteroatoms. The topological polar surface area (TPSA) is 43.2 Å². The third kappa shape index (κ3) is 3.86. The first-order valence-electron chi connectivity index (χ1n) is 10.3. The van der Waals surface area contributed by atoms with Gasteiger partial charge >= 0.3 is 0 Å². The van der Waals surface area contributed by atoms with Crippen molar-refractivity contribution in [1.82, 2.24) is 15.0 Å². The number of hydrogen-bond donors (Lipinski definition) is 0. The molecule has 0 unspecified atom stereocenters. The third-order valence-corrected chi connectivity index (χ3v) is 5.67. The number of benzene rings is 1. The highest BCUT2D eigenvalue weighted by Gasteiger charge is 2.22. The molecule has 0 bridgehead atoms. The van der Waals surface area contributed by atoms with Crippen molar-refractivity contribution in [1.29, 1.82) is 0 Å². The largest absolute Gasteiger partial charge is 0.376 e. The quantitative estimate of drug-likeness (QED) is 0.781. The minimum atomic E-state index is 0.267. The van der Waals surface area contributed by atoms with Gasteiger partial charge < -0.3 is 9.64 Å². The maximum Gasteiger partial charge on any atom is 0.115 e. The van der Waals surface area contributed by atoms with E-state index in [9.17, 15) is 0 Å². The molecule has 1 aliphatic carbocycles. The molecule has 3 aliphatic rings. The van der Waals surface area contributed by atoms with Crippen molar-refractivity contribution >= 4 is 5.69 Å². The molecule has 2 aromatic rings. The molecule has 0 radical (unpaired) electrons. The van der Waals surface area contributed by atoms with Crippen LogP contribution < -0.4 is 4.90 Å². The van der Waals surface area contributed by atoms with Gasteiger partial charge in [-0.25, -0.2) is 4.68 Å². The lowest BCUT2D eigenvalue weighted by atomic mass is 10.0. The maximum atomic E-state index is 5.84. The van der Waals surface area contributed by atoms with Crippen LogP contribution >= 0.6 is 0 Å². The molecule has 0 spiro atoms. The van der Waals surface area contributed by atoms with Crippen molar-refractivity contribution in [3.63, 3.8) is 0 Å². The molecular formula is C22H26N4O. The van der Waals surface area contributed by atoms with Gasteiger partial charge in [-0.2, -0.15) is 0 Å². The fraction of sp³-hybridized carbons (Fsp3) is 0.545. The third-order valence-electron chi connectivity index (χ3n) is 5.67. The SMILES string of the molecule is C(#CC1CC1)c1ccc(-c2cn(C[C@H]3CCCCO3)nn2)c(N2CCC2)c1. The fourth-order valence-electron chi connectivity index (χ4n) is 3.73. The second-order valence-electron chi connectivity index (χ2n) is 7.93. The Kier molecular flexibility index (Phi) is 4.59. The molecule has 0 amide bonds. The van der Waals surface area contributed by atoms with E-state index in [1.165, 1.54) is 37.8 Å². The normalized spacial score (nSPS) is 22.1. The lowest BCUT2D eigenvalue weighted by molar-refractivity contribution is 0.00370. The molecule has 27 heavy (non-hydrogen) atoms. The van der Waals surface area contributed by atoms with E-state index in [1.54, 1.807) is 0 Å². The first-order valence-corrected chi connectivity index (χ1v) is 10.3. The van der Waals surface area contributed by atoms with Crippen LogP contribution in [0, 0.1) is 17.8 Å². The first kappa shape index (κ1) is 16.8. The molecule has 1 atom stereocenters. The fourth-order valence-corrected chi connectivity index (χ4v) is 3.73. The van der Waals surface area contributed by atoms with Crippen molar-refractivity contribution in [2.24, 2.45) is 5.92 Å². The summed E-state index contributed by atoms with van der Waals surface area (Å²) in [6.45, 7) is 3.87. The van der Waals surface area contributed by atoms with E-state index in [1.807, 2.05) is 4.68 Å². The average molecular weight is 362 g/mol. The number of nitrogens with zero attached hydrogens (tertiary/aromatic N) is 4. The van der Waals surface area contributed by atoms with Gasteiger partial charge in [0.1, 0.15) is 5.69 Å². The molecule has 140 valence electrons. The number of hydrogen-bond acceptors (Lipinski definition) is 4. The molecular weight excluding hydrogens is 336 g/mol. The van der Waals surface area contributed by atoms with Crippen LogP contribution in [-0.4, -0.2) is 40.8 Å². The Bertz CT molecular complexity index is 864. The molecule has 3 fully saturated rings. The molecule has 5 nitrogen and oxygen atoms in total. The van der Waals surface area contributed by atoms with Crippen molar-refractivity contribution in [3.8, 4) is 23.1 Å². The van der Waals surface area contributed by atoms with Gasteiger partial charge in [-0.05, 0) is 56.7 Å². The number of aromatic nitrogens is 3. The second-order valence-corrected chi connectivity index (χ2v) is 7.93. The standard InChI is InChI=1S/C22H26N4O/c1-2-13-27-19(4-1)15-26-16-21(23-24-26)20-10-9-18(8-7-17-5-6-17)14-22(20)25-11-3-12-25/h9-10,14,16-17,19H,1-6,11-13,15H2/t19-/m1/s1. The van der Waals surface area contributed by atoms with Crippen molar-refractivity contribution in [2.45, 2.75) is 51.2 Å². The highest BCUT2D eigenvalue weighted by atomic mass is 16.5. The van der Waals surface area contributed by atoms with Gasteiger partial charge in [-0.1, -0.05) is 17.1 Å². The first-order chi connectivity index (χ1) is 13.3. The van der Waals surface area contributed by atoms with Crippen LogP contribution in [-0.2, 0) is 11.3 Å². The smallest absolute Gasteiger partial charge is 0.115 e. The van der Waals surface area contributed by atoms with E-state index >= 15 is 0 Å². The number of anilines is 1. The summed E-state index contributed by atoms with van der Waals surface area (Å²) in [6, 6.07) is 6.51. The predicted octanol–water partition coefficient (Wildman–Crippen LogP) is 3.49. The van der Waals surface area contributed by atoms with Gasteiger partial charge in [0.15, 0.2) is 0 Å². The Labute approximate surface area is 160 Å². The second kappa shape index (κ2) is 7.36. The average Bonchev–Trinajstić information content (AvgIpc) is 3.37. The molecule has 1 saturated carbocycles. The van der Waals surface area contributed by atoms with Crippen LogP contribution in [0.15, 0.2) is 24.4 Å². The molecule has 2 aliphatic heterocycles. The van der Waals surface area contributed by atoms with Crippen molar-refractivity contribution < 1.29 is 4.74 Å². The van der Waals surface area contributed by atoms with E-state index in [-0.39, 0.29) is 6.10 Å². The van der Waals surface area contributed by atoms with Crippen molar-refractivity contribution in [3.05, 3.63) is 30.0 Å². The number of rotatable bonds is 4. The maximum absolute atomic E-state index is 5.84. The lowest BCUT2D eigenvalue weighted by Crippen LogP contribution is -2.37. The molecule has 3 heterocycles. The minimum Gasteiger partial charge on any atom is -0.376 e. The van der Waals surface area contributed by atoms with Gasteiger partial charge in [-0.3, -0.25) is 0 Å². The predicted molar refractivity (Wildman–Crippen MR) is 105 cm³/mol. The van der Waals surface area contributed by atoms with E-state index in [0.29, 0.717) is 5.92 Å². The molecule has 0 N–H and O–H groups in total. The zero-order valence-electron chi connectivity index (χ0n) is 15.7. The van der Waals surface area contributed by atoms with Crippen LogP contribution in [0.1, 0.15) is 44.1 Å². The van der Waals surface area contributed by atoms with Crippen LogP contribution in [0.3, 0.4) is 0 Å². The Morgan fingerprint density at radius 1 is 1.11 bits per heavy atom. The molecule has 1 aromatic heterocycles. The molecule has 1 aromatic carbocycles. The van der Waals surface area contributed by atoms with Crippen LogP contribution in [0.5, 0.6) is 0 Å². The van der Waals surface area contributed by atoms with E-state index < -0.39 is 0 Å². The Hall–Kier alpha value is -2.32. The van der Waals surface area contributed by atoms with Gasteiger partial charge in [0, 0.05) is 42.4 Å². The van der Waals surface area contributed by atoms with Crippen LogP contribution in [0.25, 0.3) is 11.3 Å².